The number of rotatable bonds is 6. The third kappa shape index (κ3) is 4.24. The molecule has 0 aromatic heterocycles. The number of aliphatic hydroxyl groups excluding tert-OH is 1. The van der Waals surface area contributed by atoms with E-state index in [1.165, 1.54) is 0 Å². The Hall–Kier alpha value is -1.55. The molecule has 1 unspecified atom stereocenters. The van der Waals surface area contributed by atoms with Gasteiger partial charge in [-0.15, -0.1) is 0 Å². The number of amides is 1. The summed E-state index contributed by atoms with van der Waals surface area (Å²) in [5.74, 6) is 0.688. The lowest BCUT2D eigenvalue weighted by Crippen LogP contribution is -2.26. The van der Waals surface area contributed by atoms with E-state index in [-0.39, 0.29) is 5.91 Å². The van der Waals surface area contributed by atoms with E-state index in [1.807, 2.05) is 25.1 Å². The average Bonchev–Trinajstić information content (AvgIpc) is 3.14. The predicted octanol–water partition coefficient (Wildman–Crippen LogP) is 2.10. The summed E-state index contributed by atoms with van der Waals surface area (Å²) in [6.07, 6.45) is 1.96. The van der Waals surface area contributed by atoms with Crippen molar-refractivity contribution in [2.75, 3.05) is 6.61 Å². The van der Waals surface area contributed by atoms with Crippen LogP contribution in [0.3, 0.4) is 0 Å². The highest BCUT2D eigenvalue weighted by Gasteiger charge is 2.22. The van der Waals surface area contributed by atoms with Gasteiger partial charge in [-0.25, -0.2) is 0 Å². The molecule has 2 rings (SSSR count). The summed E-state index contributed by atoms with van der Waals surface area (Å²) in [5, 5.41) is 12.6. The maximum atomic E-state index is 11.5. The maximum Gasteiger partial charge on any atom is 0.223 e. The molecule has 4 heteroatoms. The minimum Gasteiger partial charge on any atom is -0.493 e. The van der Waals surface area contributed by atoms with Gasteiger partial charge in [-0.2, -0.15) is 0 Å². The van der Waals surface area contributed by atoms with Crippen molar-refractivity contribution < 1.29 is 14.6 Å². The van der Waals surface area contributed by atoms with Gasteiger partial charge in [-0.1, -0.05) is 11.6 Å². The number of carbonyl (C=O) groups is 1. The molecular formula is C15H21NO3. The average molecular weight is 263 g/mol. The van der Waals surface area contributed by atoms with Crippen LogP contribution in [0.15, 0.2) is 18.2 Å². The highest BCUT2D eigenvalue weighted by atomic mass is 16.5. The Morgan fingerprint density at radius 3 is 2.89 bits per heavy atom. The first-order valence-corrected chi connectivity index (χ1v) is 6.77. The van der Waals surface area contributed by atoms with Gasteiger partial charge in [0.2, 0.25) is 5.91 Å². The van der Waals surface area contributed by atoms with Crippen LogP contribution in [0.25, 0.3) is 0 Å². The van der Waals surface area contributed by atoms with Crippen LogP contribution < -0.4 is 10.1 Å². The van der Waals surface area contributed by atoms with E-state index < -0.39 is 6.10 Å². The van der Waals surface area contributed by atoms with Gasteiger partial charge in [0.15, 0.2) is 0 Å². The van der Waals surface area contributed by atoms with Crippen LogP contribution in [0.5, 0.6) is 5.75 Å². The lowest BCUT2D eigenvalue weighted by Gasteiger charge is -2.14. The molecule has 104 valence electrons. The van der Waals surface area contributed by atoms with Crippen molar-refractivity contribution in [2.45, 2.75) is 45.3 Å². The third-order valence-corrected chi connectivity index (χ3v) is 3.14. The minimum absolute atomic E-state index is 0.0354. The number of nitrogens with one attached hydrogen (secondary N) is 1. The molecule has 1 aromatic rings. The molecular weight excluding hydrogens is 242 g/mol. The topological polar surface area (TPSA) is 58.6 Å². The number of benzene rings is 1. The Labute approximate surface area is 113 Å². The molecule has 1 aliphatic rings. The summed E-state index contributed by atoms with van der Waals surface area (Å²) in [4.78, 5) is 11.5. The number of hydrogen-bond acceptors (Lipinski definition) is 3. The molecule has 1 amide bonds. The number of carbonyl (C=O) groups excluding carboxylic acids is 1. The summed E-state index contributed by atoms with van der Waals surface area (Å²) < 4.78 is 5.61. The first-order valence-electron chi connectivity index (χ1n) is 6.77. The Balaban J connectivity index is 1.86. The molecule has 0 saturated heterocycles. The smallest absolute Gasteiger partial charge is 0.223 e. The summed E-state index contributed by atoms with van der Waals surface area (Å²) in [6, 6.07) is 6.08. The van der Waals surface area contributed by atoms with Gasteiger partial charge in [0.05, 0.1) is 19.1 Å². The van der Waals surface area contributed by atoms with E-state index in [4.69, 9.17) is 4.74 Å². The fraction of sp³-hybridized carbons (Fsp3) is 0.533. The number of aryl methyl sites for hydroxylation is 1. The second-order valence-corrected chi connectivity index (χ2v) is 5.16. The molecule has 19 heavy (non-hydrogen) atoms. The van der Waals surface area contributed by atoms with E-state index in [0.717, 1.165) is 24.0 Å². The van der Waals surface area contributed by atoms with Crippen LogP contribution in [0, 0.1) is 6.92 Å². The maximum absolute atomic E-state index is 11.5. The summed E-state index contributed by atoms with van der Waals surface area (Å²) in [6.45, 7) is 4.02. The second kappa shape index (κ2) is 6.06. The van der Waals surface area contributed by atoms with E-state index in [9.17, 15) is 9.90 Å². The second-order valence-electron chi connectivity index (χ2n) is 5.16. The van der Waals surface area contributed by atoms with Crippen LogP contribution in [0.2, 0.25) is 0 Å². The number of ether oxygens (including phenoxy) is 1. The first kappa shape index (κ1) is 13.9. The zero-order chi connectivity index (χ0) is 13.8. The van der Waals surface area contributed by atoms with Gasteiger partial charge < -0.3 is 15.2 Å². The van der Waals surface area contributed by atoms with Gasteiger partial charge in [0.1, 0.15) is 5.75 Å². The standard InChI is InChI=1S/C15H21NO3/c1-10-3-6-14(13(9-10)11(2)17)19-8-7-15(18)16-12-4-5-12/h3,6,9,11-12,17H,4-5,7-8H2,1-2H3,(H,16,18). The van der Waals surface area contributed by atoms with E-state index >= 15 is 0 Å². The van der Waals surface area contributed by atoms with Gasteiger partial charge in [0, 0.05) is 11.6 Å². The zero-order valence-electron chi connectivity index (χ0n) is 11.5. The Morgan fingerprint density at radius 2 is 2.26 bits per heavy atom. The van der Waals surface area contributed by atoms with Crippen molar-refractivity contribution >= 4 is 5.91 Å². The largest absolute Gasteiger partial charge is 0.493 e. The van der Waals surface area contributed by atoms with E-state index in [0.29, 0.717) is 24.8 Å². The highest BCUT2D eigenvalue weighted by Crippen LogP contribution is 2.26. The van der Waals surface area contributed by atoms with Crippen LogP contribution in [0.1, 0.15) is 43.4 Å². The molecule has 0 heterocycles. The van der Waals surface area contributed by atoms with Crippen molar-refractivity contribution in [1.82, 2.24) is 5.32 Å². The lowest BCUT2D eigenvalue weighted by atomic mass is 10.1. The molecule has 1 aliphatic carbocycles. The molecule has 1 saturated carbocycles. The molecule has 0 aliphatic heterocycles. The molecule has 1 fully saturated rings. The first-order chi connectivity index (χ1) is 9.06. The highest BCUT2D eigenvalue weighted by molar-refractivity contribution is 5.76. The Morgan fingerprint density at radius 1 is 1.53 bits per heavy atom. The monoisotopic (exact) mass is 263 g/mol. The molecule has 2 N–H and O–H groups in total. The van der Waals surface area contributed by atoms with Crippen LogP contribution in [-0.2, 0) is 4.79 Å². The Bertz CT molecular complexity index is 453. The number of aliphatic hydroxyl groups is 1. The quantitative estimate of drug-likeness (QED) is 0.826. The van der Waals surface area contributed by atoms with Gasteiger partial charge in [-0.05, 0) is 38.8 Å². The van der Waals surface area contributed by atoms with Crippen molar-refractivity contribution in [3.63, 3.8) is 0 Å². The summed E-state index contributed by atoms with van der Waals surface area (Å²) >= 11 is 0. The fourth-order valence-electron chi connectivity index (χ4n) is 1.91. The third-order valence-electron chi connectivity index (χ3n) is 3.14. The minimum atomic E-state index is -0.574. The lowest BCUT2D eigenvalue weighted by molar-refractivity contribution is -0.121. The fourth-order valence-corrected chi connectivity index (χ4v) is 1.91. The SMILES string of the molecule is Cc1ccc(OCCC(=O)NC2CC2)c(C(C)O)c1. The summed E-state index contributed by atoms with van der Waals surface area (Å²) in [5.41, 5.74) is 1.84. The molecule has 0 radical (unpaired) electrons. The predicted molar refractivity (Wildman–Crippen MR) is 73.1 cm³/mol. The zero-order valence-corrected chi connectivity index (χ0v) is 11.5. The van der Waals surface area contributed by atoms with E-state index in [2.05, 4.69) is 5.32 Å². The van der Waals surface area contributed by atoms with Crippen LogP contribution >= 0.6 is 0 Å². The van der Waals surface area contributed by atoms with Gasteiger partial charge >= 0.3 is 0 Å². The van der Waals surface area contributed by atoms with E-state index in [1.54, 1.807) is 6.92 Å². The molecule has 4 nitrogen and oxygen atoms in total. The van der Waals surface area contributed by atoms with Crippen molar-refractivity contribution in [2.24, 2.45) is 0 Å². The van der Waals surface area contributed by atoms with Gasteiger partial charge in [-0.3, -0.25) is 4.79 Å². The van der Waals surface area contributed by atoms with Crippen molar-refractivity contribution in [3.8, 4) is 5.75 Å². The summed E-state index contributed by atoms with van der Waals surface area (Å²) in [7, 11) is 0. The van der Waals surface area contributed by atoms with Crippen molar-refractivity contribution in [3.05, 3.63) is 29.3 Å². The van der Waals surface area contributed by atoms with Gasteiger partial charge in [0.25, 0.3) is 0 Å². The molecule has 1 atom stereocenters. The molecule has 1 aromatic carbocycles. The van der Waals surface area contributed by atoms with Crippen LogP contribution in [-0.4, -0.2) is 23.7 Å². The normalized spacial score (nSPS) is 15.9. The number of hydrogen-bond donors (Lipinski definition) is 2. The van der Waals surface area contributed by atoms with Crippen LogP contribution in [0.4, 0.5) is 0 Å². The van der Waals surface area contributed by atoms with Crippen molar-refractivity contribution in [1.29, 1.82) is 0 Å². The Kier molecular flexibility index (Phi) is 4.43. The molecule has 0 spiro atoms. The molecule has 0 bridgehead atoms.